The van der Waals surface area contributed by atoms with Crippen LogP contribution in [0, 0.1) is 0 Å². The van der Waals surface area contributed by atoms with Crippen molar-refractivity contribution in [3.63, 3.8) is 0 Å². The fourth-order valence-corrected chi connectivity index (χ4v) is 3.73. The molecule has 0 aliphatic carbocycles. The second-order valence-electron chi connectivity index (χ2n) is 4.53. The van der Waals surface area contributed by atoms with E-state index < -0.39 is 0 Å². The maximum atomic E-state index is 10.1. The van der Waals surface area contributed by atoms with Crippen LogP contribution in [-0.4, -0.2) is 26.2 Å². The molecule has 0 aromatic heterocycles. The van der Waals surface area contributed by atoms with E-state index in [0.717, 1.165) is 10.9 Å². The summed E-state index contributed by atoms with van der Waals surface area (Å²) < 4.78 is 1.32. The molecule has 2 aromatic carbocycles. The van der Waals surface area contributed by atoms with Crippen LogP contribution in [0.15, 0.2) is 60.7 Å². The molecule has 0 bridgehead atoms. The zero-order chi connectivity index (χ0) is 13.5. The van der Waals surface area contributed by atoms with Crippen molar-refractivity contribution in [3.8, 4) is 0 Å². The maximum absolute atomic E-state index is 10.1. The average Bonchev–Trinajstić information content (AvgIpc) is 2.47. The van der Waals surface area contributed by atoms with E-state index in [1.807, 2.05) is 48.5 Å². The first-order valence-electron chi connectivity index (χ1n) is 6.42. The van der Waals surface area contributed by atoms with Crippen molar-refractivity contribution in [2.24, 2.45) is 5.73 Å². The van der Waals surface area contributed by atoms with Gasteiger partial charge in [-0.1, -0.05) is 0 Å². The van der Waals surface area contributed by atoms with Crippen LogP contribution in [0.25, 0.3) is 0 Å². The van der Waals surface area contributed by atoms with Crippen LogP contribution in [0.3, 0.4) is 0 Å². The first-order chi connectivity index (χ1) is 9.25. The molecular weight excluding hydrogens is 301 g/mol. The van der Waals surface area contributed by atoms with E-state index in [4.69, 9.17) is 5.73 Å². The number of rotatable bonds is 6. The summed E-state index contributed by atoms with van der Waals surface area (Å²) in [6.45, 7) is 0. The summed E-state index contributed by atoms with van der Waals surface area (Å²) in [5.41, 5.74) is 7.20. The zero-order valence-electron chi connectivity index (χ0n) is 10.8. The zero-order valence-corrected chi connectivity index (χ0v) is 12.5. The summed E-state index contributed by atoms with van der Waals surface area (Å²) in [6.07, 6.45) is 0.300. The molecule has 2 rings (SSSR count). The summed E-state index contributed by atoms with van der Waals surface area (Å²) in [4.78, 5) is 0. The molecular formula is C16H19NOSe. The van der Waals surface area contributed by atoms with E-state index in [0.29, 0.717) is 21.4 Å². The Hall–Kier alpha value is -1.12. The summed E-state index contributed by atoms with van der Waals surface area (Å²) in [7, 11) is 0. The molecule has 0 unspecified atom stereocenters. The predicted octanol–water partition coefficient (Wildman–Crippen LogP) is 1.89. The minimum absolute atomic E-state index is 0.0808. The standard InChI is InChI=1S/C16H19NOSe/c17-16(13-7-3-1-4-8-13)11-14(18)12-19-15-9-5-2-6-10-15/h1-10,14,16,18H,11-12,17H2/t14-,16-/m1/s1. The van der Waals surface area contributed by atoms with Crippen molar-refractivity contribution in [2.75, 3.05) is 0 Å². The molecule has 0 saturated carbocycles. The normalized spacial score (nSPS) is 14.0. The Morgan fingerprint density at radius 1 is 0.947 bits per heavy atom. The van der Waals surface area contributed by atoms with Gasteiger partial charge in [-0.05, 0) is 0 Å². The summed E-state index contributed by atoms with van der Waals surface area (Å²) in [6, 6.07) is 20.2. The quantitative estimate of drug-likeness (QED) is 0.799. The molecule has 0 amide bonds. The van der Waals surface area contributed by atoms with E-state index in [-0.39, 0.29) is 12.1 Å². The second kappa shape index (κ2) is 7.46. The van der Waals surface area contributed by atoms with Crippen LogP contribution in [0.4, 0.5) is 0 Å². The molecule has 2 nitrogen and oxygen atoms in total. The van der Waals surface area contributed by atoms with Crippen LogP contribution < -0.4 is 10.2 Å². The third kappa shape index (κ3) is 4.81. The molecule has 0 saturated heterocycles. The minimum atomic E-state index is -0.324. The van der Waals surface area contributed by atoms with Gasteiger partial charge in [0, 0.05) is 0 Å². The van der Waals surface area contributed by atoms with Crippen molar-refractivity contribution in [1.82, 2.24) is 0 Å². The topological polar surface area (TPSA) is 46.2 Å². The molecule has 0 radical (unpaired) electrons. The van der Waals surface area contributed by atoms with Crippen molar-refractivity contribution in [3.05, 3.63) is 66.2 Å². The van der Waals surface area contributed by atoms with Gasteiger partial charge in [-0.25, -0.2) is 0 Å². The third-order valence-corrected chi connectivity index (χ3v) is 5.37. The molecule has 3 heteroatoms. The third-order valence-electron chi connectivity index (χ3n) is 2.94. The predicted molar refractivity (Wildman–Crippen MR) is 80.6 cm³/mol. The van der Waals surface area contributed by atoms with E-state index in [1.165, 1.54) is 4.46 Å². The fourth-order valence-electron chi connectivity index (χ4n) is 1.91. The van der Waals surface area contributed by atoms with Crippen molar-refractivity contribution >= 4 is 19.4 Å². The van der Waals surface area contributed by atoms with Crippen molar-refractivity contribution in [2.45, 2.75) is 23.9 Å². The molecule has 0 fully saturated rings. The fraction of sp³-hybridized carbons (Fsp3) is 0.250. The van der Waals surface area contributed by atoms with Crippen LogP contribution >= 0.6 is 0 Å². The van der Waals surface area contributed by atoms with Crippen LogP contribution in [0.1, 0.15) is 18.0 Å². The van der Waals surface area contributed by atoms with Gasteiger partial charge in [0.15, 0.2) is 0 Å². The van der Waals surface area contributed by atoms with Crippen molar-refractivity contribution < 1.29 is 5.11 Å². The number of aliphatic hydroxyl groups is 1. The van der Waals surface area contributed by atoms with Crippen LogP contribution in [0.5, 0.6) is 0 Å². The number of benzene rings is 2. The SMILES string of the molecule is N[C@H](C[C@@H](O)C[Se]c1ccccc1)c1ccccc1. The molecule has 2 atom stereocenters. The van der Waals surface area contributed by atoms with E-state index in [9.17, 15) is 5.11 Å². The summed E-state index contributed by atoms with van der Waals surface area (Å²) in [5, 5.41) is 10.9. The van der Waals surface area contributed by atoms with Gasteiger partial charge in [0.05, 0.1) is 0 Å². The van der Waals surface area contributed by atoms with Gasteiger partial charge in [0.25, 0.3) is 0 Å². The molecule has 19 heavy (non-hydrogen) atoms. The van der Waals surface area contributed by atoms with Crippen LogP contribution in [-0.2, 0) is 0 Å². The monoisotopic (exact) mass is 321 g/mol. The number of hydrogen-bond acceptors (Lipinski definition) is 2. The van der Waals surface area contributed by atoms with Gasteiger partial charge in [-0.15, -0.1) is 0 Å². The van der Waals surface area contributed by atoms with Crippen molar-refractivity contribution in [1.29, 1.82) is 0 Å². The van der Waals surface area contributed by atoms with E-state index in [1.54, 1.807) is 0 Å². The molecule has 100 valence electrons. The summed E-state index contributed by atoms with van der Waals surface area (Å²) in [5.74, 6) is 0. The molecule has 0 spiro atoms. The Kier molecular flexibility index (Phi) is 5.61. The molecule has 0 aliphatic heterocycles. The Labute approximate surface area is 120 Å². The number of aliphatic hydroxyl groups excluding tert-OH is 1. The van der Waals surface area contributed by atoms with Gasteiger partial charge in [-0.3, -0.25) is 0 Å². The Morgan fingerprint density at radius 2 is 1.53 bits per heavy atom. The summed E-state index contributed by atoms with van der Waals surface area (Å²) >= 11 is 0.317. The van der Waals surface area contributed by atoms with E-state index >= 15 is 0 Å². The van der Waals surface area contributed by atoms with E-state index in [2.05, 4.69) is 12.1 Å². The number of nitrogens with two attached hydrogens (primary N) is 1. The van der Waals surface area contributed by atoms with Gasteiger partial charge < -0.3 is 0 Å². The molecule has 0 aliphatic rings. The van der Waals surface area contributed by atoms with Gasteiger partial charge >= 0.3 is 120 Å². The molecule has 0 heterocycles. The second-order valence-corrected chi connectivity index (χ2v) is 6.82. The first kappa shape index (κ1) is 14.3. The van der Waals surface area contributed by atoms with Crippen LogP contribution in [0.2, 0.25) is 5.32 Å². The van der Waals surface area contributed by atoms with Gasteiger partial charge in [0.1, 0.15) is 0 Å². The van der Waals surface area contributed by atoms with Gasteiger partial charge in [0.2, 0.25) is 0 Å². The first-order valence-corrected chi connectivity index (χ1v) is 8.49. The number of hydrogen-bond donors (Lipinski definition) is 2. The Balaban J connectivity index is 1.80. The Bertz CT molecular complexity index is 475. The molecule has 2 aromatic rings. The Morgan fingerprint density at radius 3 is 2.16 bits per heavy atom. The average molecular weight is 320 g/mol. The van der Waals surface area contributed by atoms with Gasteiger partial charge in [-0.2, -0.15) is 0 Å². The molecule has 3 N–H and O–H groups in total.